The number of benzene rings is 2. The van der Waals surface area contributed by atoms with Crippen molar-refractivity contribution in [3.05, 3.63) is 57.6 Å². The van der Waals surface area contributed by atoms with Crippen LogP contribution in [0.15, 0.2) is 36.4 Å². The van der Waals surface area contributed by atoms with Gasteiger partial charge in [0.25, 0.3) is 0 Å². The van der Waals surface area contributed by atoms with Gasteiger partial charge in [-0.2, -0.15) is 0 Å². The molecule has 146 valence electrons. The van der Waals surface area contributed by atoms with E-state index in [4.69, 9.17) is 23.2 Å². The molecule has 0 spiro atoms. The van der Waals surface area contributed by atoms with Crippen LogP contribution < -0.4 is 10.1 Å². The maximum atomic E-state index is 12.4. The maximum Gasteiger partial charge on any atom is 0.573 e. The Kier molecular flexibility index (Phi) is 6.05. The molecule has 0 aromatic heterocycles. The third-order valence-corrected chi connectivity index (χ3v) is 5.14. The van der Waals surface area contributed by atoms with E-state index in [2.05, 4.69) is 15.0 Å². The second-order valence-corrected chi connectivity index (χ2v) is 6.89. The molecule has 0 bridgehead atoms. The molecular formula is C18H17Cl2F3N2O2. The van der Waals surface area contributed by atoms with Crippen LogP contribution in [-0.2, 0) is 0 Å². The van der Waals surface area contributed by atoms with E-state index in [-0.39, 0.29) is 27.6 Å². The first kappa shape index (κ1) is 20.1. The maximum absolute atomic E-state index is 12.4. The number of halogens is 5. The van der Waals surface area contributed by atoms with E-state index in [0.717, 1.165) is 13.1 Å². The van der Waals surface area contributed by atoms with Crippen molar-refractivity contribution in [2.45, 2.75) is 12.4 Å². The van der Waals surface area contributed by atoms with Crippen molar-refractivity contribution in [2.24, 2.45) is 0 Å². The molecule has 27 heavy (non-hydrogen) atoms. The van der Waals surface area contributed by atoms with Crippen LogP contribution in [0.5, 0.6) is 11.5 Å². The molecule has 0 aliphatic carbocycles. The largest absolute Gasteiger partial charge is 0.573 e. The number of alkyl halides is 3. The lowest BCUT2D eigenvalue weighted by molar-refractivity contribution is -0.274. The Balaban J connectivity index is 1.99. The number of nitrogens with zero attached hydrogens (tertiary/aromatic N) is 1. The van der Waals surface area contributed by atoms with Gasteiger partial charge in [-0.1, -0.05) is 41.4 Å². The molecule has 1 saturated heterocycles. The summed E-state index contributed by atoms with van der Waals surface area (Å²) in [6, 6.07) is 8.50. The van der Waals surface area contributed by atoms with Gasteiger partial charge in [0.2, 0.25) is 0 Å². The second kappa shape index (κ2) is 8.14. The van der Waals surface area contributed by atoms with E-state index in [1.807, 2.05) is 0 Å². The molecule has 0 unspecified atom stereocenters. The van der Waals surface area contributed by atoms with Gasteiger partial charge in [-0.25, -0.2) is 0 Å². The molecule has 0 amide bonds. The third-order valence-electron chi connectivity index (χ3n) is 4.34. The summed E-state index contributed by atoms with van der Waals surface area (Å²) in [5.74, 6) is -0.438. The van der Waals surface area contributed by atoms with Crippen LogP contribution in [-0.4, -0.2) is 42.5 Å². The summed E-state index contributed by atoms with van der Waals surface area (Å²) in [6.07, 6.45) is -4.75. The summed E-state index contributed by atoms with van der Waals surface area (Å²) in [7, 11) is 0. The molecule has 1 heterocycles. The first-order valence-corrected chi connectivity index (χ1v) is 8.99. The minimum atomic E-state index is -4.75. The highest BCUT2D eigenvalue weighted by molar-refractivity contribution is 6.43. The molecular weight excluding hydrogens is 404 g/mol. The summed E-state index contributed by atoms with van der Waals surface area (Å²) in [4.78, 5) is 2.12. The highest BCUT2D eigenvalue weighted by Crippen LogP contribution is 2.41. The van der Waals surface area contributed by atoms with Crippen molar-refractivity contribution in [2.75, 3.05) is 26.2 Å². The van der Waals surface area contributed by atoms with Crippen LogP contribution in [0, 0.1) is 0 Å². The topological polar surface area (TPSA) is 44.7 Å². The molecule has 3 rings (SSSR count). The zero-order valence-electron chi connectivity index (χ0n) is 14.1. The number of phenols is 1. The van der Waals surface area contributed by atoms with Crippen LogP contribution in [0.4, 0.5) is 13.2 Å². The van der Waals surface area contributed by atoms with E-state index >= 15 is 0 Å². The van der Waals surface area contributed by atoms with Crippen LogP contribution in [0.3, 0.4) is 0 Å². The number of hydrogen-bond donors (Lipinski definition) is 2. The lowest BCUT2D eigenvalue weighted by Crippen LogP contribution is -2.45. The Morgan fingerprint density at radius 3 is 2.26 bits per heavy atom. The molecule has 1 aliphatic rings. The van der Waals surface area contributed by atoms with Crippen LogP contribution in [0.1, 0.15) is 17.2 Å². The SMILES string of the molecule is Oc1c([C@@H](c2ccc(OC(F)(F)F)cc2)N2CCNCC2)ccc(Cl)c1Cl. The Morgan fingerprint density at radius 2 is 1.67 bits per heavy atom. The fourth-order valence-electron chi connectivity index (χ4n) is 3.15. The van der Waals surface area contributed by atoms with Crippen LogP contribution >= 0.6 is 23.2 Å². The summed E-state index contributed by atoms with van der Waals surface area (Å²) < 4.78 is 41.1. The summed E-state index contributed by atoms with van der Waals surface area (Å²) in [6.45, 7) is 2.91. The van der Waals surface area contributed by atoms with Crippen molar-refractivity contribution in [3.8, 4) is 11.5 Å². The second-order valence-electron chi connectivity index (χ2n) is 6.10. The van der Waals surface area contributed by atoms with Gasteiger partial charge in [0.1, 0.15) is 16.5 Å². The zero-order valence-corrected chi connectivity index (χ0v) is 15.6. The average molecular weight is 421 g/mol. The first-order valence-electron chi connectivity index (χ1n) is 8.23. The number of phenolic OH excluding ortho intramolecular Hbond substituents is 1. The number of rotatable bonds is 4. The lowest BCUT2D eigenvalue weighted by atomic mass is 9.95. The predicted molar refractivity (Wildman–Crippen MR) is 97.5 cm³/mol. The molecule has 4 nitrogen and oxygen atoms in total. The minimum Gasteiger partial charge on any atom is -0.506 e. The number of aromatic hydroxyl groups is 1. The zero-order chi connectivity index (χ0) is 19.6. The van der Waals surface area contributed by atoms with E-state index in [1.54, 1.807) is 24.3 Å². The van der Waals surface area contributed by atoms with Crippen molar-refractivity contribution < 1.29 is 23.0 Å². The first-order chi connectivity index (χ1) is 12.8. The van der Waals surface area contributed by atoms with E-state index in [9.17, 15) is 18.3 Å². The molecule has 0 saturated carbocycles. The molecule has 2 aromatic carbocycles. The smallest absolute Gasteiger partial charge is 0.506 e. The monoisotopic (exact) mass is 420 g/mol. The van der Waals surface area contributed by atoms with E-state index in [1.165, 1.54) is 12.1 Å². The lowest BCUT2D eigenvalue weighted by Gasteiger charge is -2.36. The highest BCUT2D eigenvalue weighted by atomic mass is 35.5. The Bertz CT molecular complexity index is 794. The van der Waals surface area contributed by atoms with Crippen molar-refractivity contribution >= 4 is 23.2 Å². The van der Waals surface area contributed by atoms with Gasteiger partial charge in [-0.05, 0) is 23.8 Å². The third kappa shape index (κ3) is 4.79. The Morgan fingerprint density at radius 1 is 1.04 bits per heavy atom. The van der Waals surface area contributed by atoms with Gasteiger partial charge in [-0.15, -0.1) is 13.2 Å². The number of nitrogens with one attached hydrogen (secondary N) is 1. The van der Waals surface area contributed by atoms with Gasteiger partial charge < -0.3 is 15.2 Å². The minimum absolute atomic E-state index is 0.0475. The summed E-state index contributed by atoms with van der Waals surface area (Å²) in [5.41, 5.74) is 1.25. The predicted octanol–water partition coefficient (Wildman–Crippen LogP) is 4.59. The average Bonchev–Trinajstić information content (AvgIpc) is 2.63. The molecule has 9 heteroatoms. The highest BCUT2D eigenvalue weighted by Gasteiger charge is 2.32. The molecule has 1 aliphatic heterocycles. The normalized spacial score (nSPS) is 16.9. The fourth-order valence-corrected chi connectivity index (χ4v) is 3.48. The molecule has 1 atom stereocenters. The number of ether oxygens (including phenoxy) is 1. The van der Waals surface area contributed by atoms with Gasteiger partial charge in [-0.3, -0.25) is 4.90 Å². The molecule has 2 N–H and O–H groups in total. The summed E-state index contributed by atoms with van der Waals surface area (Å²) in [5, 5.41) is 14.0. The van der Waals surface area contributed by atoms with Crippen molar-refractivity contribution in [3.63, 3.8) is 0 Å². The number of hydrogen-bond acceptors (Lipinski definition) is 4. The van der Waals surface area contributed by atoms with Crippen LogP contribution in [0.2, 0.25) is 10.0 Å². The number of piperazine rings is 1. The van der Waals surface area contributed by atoms with E-state index in [0.29, 0.717) is 24.2 Å². The quantitative estimate of drug-likeness (QED) is 0.758. The fraction of sp³-hybridized carbons (Fsp3) is 0.333. The standard InChI is InChI=1S/C18H17Cl2F3N2O2/c19-14-6-5-13(17(26)15(14)20)16(25-9-7-24-8-10-25)11-1-3-12(4-2-11)27-18(21,22)23/h1-6,16,24,26H,7-10H2/t16-/m1/s1. The van der Waals surface area contributed by atoms with Gasteiger partial charge >= 0.3 is 6.36 Å². The van der Waals surface area contributed by atoms with Crippen LogP contribution in [0.25, 0.3) is 0 Å². The van der Waals surface area contributed by atoms with Crippen molar-refractivity contribution in [1.82, 2.24) is 10.2 Å². The van der Waals surface area contributed by atoms with Gasteiger partial charge in [0.05, 0.1) is 11.1 Å². The molecule has 0 radical (unpaired) electrons. The van der Waals surface area contributed by atoms with Gasteiger partial charge in [0.15, 0.2) is 0 Å². The Labute approximate surface area is 164 Å². The van der Waals surface area contributed by atoms with Crippen molar-refractivity contribution in [1.29, 1.82) is 0 Å². The Hall–Kier alpha value is -1.67. The van der Waals surface area contributed by atoms with Gasteiger partial charge in [0, 0.05) is 31.7 Å². The summed E-state index contributed by atoms with van der Waals surface area (Å²) >= 11 is 12.1. The molecule has 2 aromatic rings. The molecule has 1 fully saturated rings. The van der Waals surface area contributed by atoms with E-state index < -0.39 is 6.36 Å².